The normalized spacial score (nSPS) is 26.1. The van der Waals surface area contributed by atoms with E-state index in [4.69, 9.17) is 0 Å². The van der Waals surface area contributed by atoms with E-state index in [1.807, 2.05) is 0 Å². The highest BCUT2D eigenvalue weighted by molar-refractivity contribution is 8.15. The molecule has 0 aromatic heterocycles. The maximum atomic E-state index is 12.0. The van der Waals surface area contributed by atoms with Crippen molar-refractivity contribution in [3.05, 3.63) is 23.3 Å². The lowest BCUT2D eigenvalue weighted by molar-refractivity contribution is -0.125. The summed E-state index contributed by atoms with van der Waals surface area (Å²) in [5, 5.41) is 2.79. The van der Waals surface area contributed by atoms with Gasteiger partial charge >= 0.3 is 6.18 Å². The maximum Gasteiger partial charge on any atom is 0.393 e. The highest BCUT2D eigenvalue weighted by Gasteiger charge is 2.28. The molecule has 0 spiro atoms. The summed E-state index contributed by atoms with van der Waals surface area (Å²) in [6.07, 6.45) is -0.527. The third-order valence-electron chi connectivity index (χ3n) is 1.33. The van der Waals surface area contributed by atoms with Crippen molar-refractivity contribution in [3.63, 3.8) is 0 Å². The van der Waals surface area contributed by atoms with Gasteiger partial charge < -0.3 is 5.32 Å². The predicted octanol–water partition coefficient (Wildman–Crippen LogP) is 2.66. The van der Waals surface area contributed by atoms with Crippen LogP contribution in [0.1, 0.15) is 6.42 Å². The zero-order valence-corrected chi connectivity index (χ0v) is 8.03. The fourth-order valence-electron chi connectivity index (χ4n) is 0.809. The molecule has 0 aromatic carbocycles. The lowest BCUT2D eigenvalue weighted by Crippen LogP contribution is -2.07. The third-order valence-corrected chi connectivity index (χ3v) is 2.17. The van der Waals surface area contributed by atoms with Crippen molar-refractivity contribution in [1.82, 2.24) is 5.32 Å². The zero-order chi connectivity index (χ0) is 10.4. The topological polar surface area (TPSA) is 24.4 Å². The molecule has 6 heteroatoms. The Morgan fingerprint density at radius 1 is 1.50 bits per heavy atom. The van der Waals surface area contributed by atoms with Crippen LogP contribution in [0, 0.1) is 0 Å². The monoisotopic (exact) mass is 222 g/mol. The van der Waals surface area contributed by atoms with Crippen LogP contribution in [-0.2, 0) is 0 Å². The first-order valence-corrected chi connectivity index (χ1v) is 4.77. The van der Waals surface area contributed by atoms with Crippen LogP contribution in [-0.4, -0.2) is 18.4 Å². The van der Waals surface area contributed by atoms with Gasteiger partial charge in [0.1, 0.15) is 6.67 Å². The van der Waals surface area contributed by atoms with E-state index >= 15 is 0 Å². The van der Waals surface area contributed by atoms with Gasteiger partial charge in [-0.05, 0) is 17.2 Å². The first-order chi connectivity index (χ1) is 6.58. The Balaban J connectivity index is 2.63. The molecule has 0 bridgehead atoms. The average Bonchev–Trinajstić information content (AvgIpc) is 2.15. The van der Waals surface area contributed by atoms with Crippen LogP contribution in [0.2, 0.25) is 0 Å². The molecule has 0 amide bonds. The van der Waals surface area contributed by atoms with Crippen molar-refractivity contribution < 1.29 is 13.2 Å². The van der Waals surface area contributed by atoms with E-state index in [-0.39, 0.29) is 4.91 Å². The smallest absolute Gasteiger partial charge is 0.372 e. The minimum Gasteiger partial charge on any atom is -0.372 e. The van der Waals surface area contributed by atoms with Crippen LogP contribution in [0.5, 0.6) is 0 Å². The number of nitrogens with zero attached hydrogens (tertiary/aromatic N) is 1. The number of alkyl halides is 3. The molecule has 0 saturated carbocycles. The molecule has 1 aliphatic heterocycles. The molecule has 0 radical (unpaired) electrons. The fraction of sp³-hybridized carbons (Fsp3) is 0.375. The van der Waals surface area contributed by atoms with Gasteiger partial charge in [-0.15, -0.1) is 0 Å². The number of aliphatic imine (C=N–C) groups is 1. The van der Waals surface area contributed by atoms with Gasteiger partial charge in [0.15, 0.2) is 0 Å². The summed E-state index contributed by atoms with van der Waals surface area (Å²) in [4.78, 5) is 4.08. The van der Waals surface area contributed by atoms with Crippen LogP contribution in [0.3, 0.4) is 0 Å². The molecule has 78 valence electrons. The number of thioether (sulfide) groups is 1. The molecule has 0 atom stereocenters. The van der Waals surface area contributed by atoms with E-state index in [0.29, 0.717) is 6.67 Å². The first-order valence-electron chi connectivity index (χ1n) is 3.89. The van der Waals surface area contributed by atoms with Crippen molar-refractivity contribution >= 4 is 17.3 Å². The Bertz CT molecular complexity index is 268. The van der Waals surface area contributed by atoms with Crippen LogP contribution in [0.25, 0.3) is 0 Å². The predicted molar refractivity (Wildman–Crippen MR) is 52.0 cm³/mol. The molecule has 1 aliphatic rings. The number of nitrogens with one attached hydrogen (secondary N) is 1. The number of hydrogen-bond acceptors (Lipinski definition) is 3. The standard InChI is InChI=1S/C8H9F3N2S/c9-8(10,11)4-7-2-1-3-12-5-13-6-14-7/h1-3,6,12H,4-5H2/b3-1+,7-2-,13-6+. The molecular weight excluding hydrogens is 213 g/mol. The highest BCUT2D eigenvalue weighted by Crippen LogP contribution is 2.30. The molecule has 0 aliphatic carbocycles. The van der Waals surface area contributed by atoms with Crippen LogP contribution < -0.4 is 5.32 Å². The van der Waals surface area contributed by atoms with Crippen LogP contribution in [0.4, 0.5) is 13.2 Å². The number of allylic oxidation sites excluding steroid dienone is 3. The lowest BCUT2D eigenvalue weighted by atomic mass is 10.3. The van der Waals surface area contributed by atoms with Crippen molar-refractivity contribution in [2.45, 2.75) is 12.6 Å². The number of hydrogen-bond donors (Lipinski definition) is 1. The number of rotatable bonds is 1. The minimum atomic E-state index is -4.16. The molecule has 0 aromatic rings. The third kappa shape index (κ3) is 4.96. The SMILES string of the molecule is FC(F)(F)C/C1=C/C=C/NC/N=C/S1. The van der Waals surface area contributed by atoms with E-state index in [1.54, 1.807) is 12.3 Å². The summed E-state index contributed by atoms with van der Waals surface area (Å²) < 4.78 is 36.1. The van der Waals surface area contributed by atoms with Gasteiger partial charge in [-0.25, -0.2) is 0 Å². The summed E-state index contributed by atoms with van der Waals surface area (Å²) in [6.45, 7) is 0.386. The van der Waals surface area contributed by atoms with Gasteiger partial charge in [-0.2, -0.15) is 13.2 Å². The van der Waals surface area contributed by atoms with Gasteiger partial charge in [-0.1, -0.05) is 17.8 Å². The molecular formula is C8H9F3N2S. The van der Waals surface area contributed by atoms with Crippen molar-refractivity contribution in [2.24, 2.45) is 4.99 Å². The average molecular weight is 222 g/mol. The van der Waals surface area contributed by atoms with Gasteiger partial charge in [0.2, 0.25) is 0 Å². The largest absolute Gasteiger partial charge is 0.393 e. The first kappa shape index (κ1) is 11.2. The van der Waals surface area contributed by atoms with Gasteiger partial charge in [0.25, 0.3) is 0 Å². The van der Waals surface area contributed by atoms with Crippen LogP contribution in [0.15, 0.2) is 28.2 Å². The molecule has 0 saturated heterocycles. The molecule has 0 fully saturated rings. The van der Waals surface area contributed by atoms with E-state index in [1.165, 1.54) is 11.6 Å². The quantitative estimate of drug-likeness (QED) is 0.737. The second kappa shape index (κ2) is 5.09. The highest BCUT2D eigenvalue weighted by atomic mass is 32.2. The second-order valence-electron chi connectivity index (χ2n) is 2.55. The maximum absolute atomic E-state index is 12.0. The second-order valence-corrected chi connectivity index (χ2v) is 3.52. The van der Waals surface area contributed by atoms with Gasteiger partial charge in [-0.3, -0.25) is 4.99 Å². The molecule has 0 unspecified atom stereocenters. The summed E-state index contributed by atoms with van der Waals surface area (Å²) in [5.74, 6) is 0. The summed E-state index contributed by atoms with van der Waals surface area (Å²) in [6, 6.07) is 0. The summed E-state index contributed by atoms with van der Waals surface area (Å²) in [5.41, 5.74) is 1.41. The van der Waals surface area contributed by atoms with E-state index in [9.17, 15) is 13.2 Å². The zero-order valence-electron chi connectivity index (χ0n) is 7.21. The van der Waals surface area contributed by atoms with E-state index in [2.05, 4.69) is 10.3 Å². The van der Waals surface area contributed by atoms with Gasteiger partial charge in [0.05, 0.1) is 12.0 Å². The van der Waals surface area contributed by atoms with E-state index in [0.717, 1.165) is 11.8 Å². The Kier molecular flexibility index (Phi) is 4.06. The van der Waals surface area contributed by atoms with Gasteiger partial charge in [0, 0.05) is 0 Å². The Hall–Kier alpha value is -0.910. The fourth-order valence-corrected chi connectivity index (χ4v) is 1.50. The lowest BCUT2D eigenvalue weighted by Gasteiger charge is -2.06. The van der Waals surface area contributed by atoms with Crippen molar-refractivity contribution in [2.75, 3.05) is 6.67 Å². The van der Waals surface area contributed by atoms with Crippen molar-refractivity contribution in [3.8, 4) is 0 Å². The Labute approximate surface area is 84.0 Å². The molecule has 1 heterocycles. The Morgan fingerprint density at radius 2 is 2.29 bits per heavy atom. The summed E-state index contributed by atoms with van der Waals surface area (Å²) >= 11 is 0.996. The Morgan fingerprint density at radius 3 is 3.00 bits per heavy atom. The van der Waals surface area contributed by atoms with Crippen LogP contribution >= 0.6 is 11.8 Å². The number of halogens is 3. The van der Waals surface area contributed by atoms with E-state index < -0.39 is 12.6 Å². The molecule has 1 rings (SSSR count). The molecule has 14 heavy (non-hydrogen) atoms. The van der Waals surface area contributed by atoms with Crippen molar-refractivity contribution in [1.29, 1.82) is 0 Å². The molecule has 1 N–H and O–H groups in total. The summed E-state index contributed by atoms with van der Waals surface area (Å²) in [7, 11) is 0. The minimum absolute atomic E-state index is 0.237. The molecule has 2 nitrogen and oxygen atoms in total.